The fraction of sp³-hybridized carbons (Fsp3) is 0.333. The Morgan fingerprint density at radius 2 is 2.28 bits per heavy atom. The third-order valence-corrected chi connectivity index (χ3v) is 4.03. The van der Waals surface area contributed by atoms with E-state index in [1.54, 1.807) is 5.38 Å². The number of hydrazone groups is 1. The second-order valence-corrected chi connectivity index (χ2v) is 5.39. The van der Waals surface area contributed by atoms with E-state index < -0.39 is 24.2 Å². The first-order valence-corrected chi connectivity index (χ1v) is 6.33. The summed E-state index contributed by atoms with van der Waals surface area (Å²) in [6.45, 7) is 0. The highest BCUT2D eigenvalue weighted by molar-refractivity contribution is 9.10. The van der Waals surface area contributed by atoms with Crippen molar-refractivity contribution in [3.05, 3.63) is 20.8 Å². The Bertz CT molecular complexity index is 516. The molecule has 98 valence electrons. The van der Waals surface area contributed by atoms with Crippen molar-refractivity contribution in [2.75, 3.05) is 0 Å². The monoisotopic (exact) mass is 342 g/mol. The zero-order valence-electron chi connectivity index (χ0n) is 8.61. The lowest BCUT2D eigenvalue weighted by molar-refractivity contribution is -0.297. The van der Waals surface area contributed by atoms with Crippen LogP contribution in [0.5, 0.6) is 0 Å². The number of carbonyl (C=O) groups is 1. The second kappa shape index (κ2) is 4.32. The summed E-state index contributed by atoms with van der Waals surface area (Å²) in [5.74, 6) is -0.987. The number of aliphatic hydroxyl groups is 1. The number of hydrogen-bond acceptors (Lipinski definition) is 4. The zero-order chi connectivity index (χ0) is 13.6. The van der Waals surface area contributed by atoms with Crippen LogP contribution in [0.2, 0.25) is 0 Å². The SMILES string of the molecule is O=C(c1cc(Br)cs1)N1N=CCC1(O)C(F)(F)F. The first-order chi connectivity index (χ1) is 8.25. The first kappa shape index (κ1) is 13.5. The van der Waals surface area contributed by atoms with Gasteiger partial charge in [0.15, 0.2) is 0 Å². The van der Waals surface area contributed by atoms with E-state index in [-0.39, 0.29) is 9.89 Å². The fourth-order valence-electron chi connectivity index (χ4n) is 1.42. The fourth-order valence-corrected chi connectivity index (χ4v) is 2.77. The lowest BCUT2D eigenvalue weighted by Crippen LogP contribution is -2.56. The van der Waals surface area contributed by atoms with Crippen molar-refractivity contribution in [3.63, 3.8) is 0 Å². The Hall–Kier alpha value is -0.930. The van der Waals surface area contributed by atoms with Gasteiger partial charge in [0.1, 0.15) is 0 Å². The first-order valence-electron chi connectivity index (χ1n) is 4.66. The molecule has 18 heavy (non-hydrogen) atoms. The van der Waals surface area contributed by atoms with Crippen LogP contribution >= 0.6 is 27.3 Å². The standard InChI is InChI=1S/C9H6BrF3N2O2S/c10-5-3-6(18-4-5)7(16)15-8(17,1-2-14-15)9(11,12)13/h2-4,17H,1H2. The van der Waals surface area contributed by atoms with Gasteiger partial charge in [0.25, 0.3) is 11.6 Å². The Kier molecular flexibility index (Phi) is 3.24. The van der Waals surface area contributed by atoms with E-state index in [9.17, 15) is 23.1 Å². The Labute approximate surface area is 112 Å². The van der Waals surface area contributed by atoms with E-state index in [4.69, 9.17) is 0 Å². The van der Waals surface area contributed by atoms with Crippen LogP contribution in [0, 0.1) is 0 Å². The van der Waals surface area contributed by atoms with Crippen LogP contribution in [-0.4, -0.2) is 34.1 Å². The molecular formula is C9H6BrF3N2O2S. The molecule has 1 atom stereocenters. The van der Waals surface area contributed by atoms with Crippen LogP contribution in [0.4, 0.5) is 13.2 Å². The molecule has 0 aromatic carbocycles. The highest BCUT2D eigenvalue weighted by Crippen LogP contribution is 2.39. The molecule has 0 aliphatic carbocycles. The molecule has 0 fully saturated rings. The predicted molar refractivity (Wildman–Crippen MR) is 62.3 cm³/mol. The number of nitrogens with zero attached hydrogens (tertiary/aromatic N) is 2. The number of carbonyl (C=O) groups excluding carboxylic acids is 1. The third kappa shape index (κ3) is 2.06. The van der Waals surface area contributed by atoms with Gasteiger partial charge in [-0.05, 0) is 22.0 Å². The lowest BCUT2D eigenvalue weighted by atomic mass is 10.1. The number of thiophene rings is 1. The van der Waals surface area contributed by atoms with Crippen molar-refractivity contribution in [1.82, 2.24) is 5.01 Å². The molecule has 1 aromatic rings. The van der Waals surface area contributed by atoms with Gasteiger partial charge in [0.2, 0.25) is 0 Å². The molecule has 0 saturated carbocycles. The second-order valence-electron chi connectivity index (χ2n) is 3.56. The van der Waals surface area contributed by atoms with Crippen molar-refractivity contribution in [3.8, 4) is 0 Å². The van der Waals surface area contributed by atoms with Gasteiger partial charge in [-0.25, -0.2) is 0 Å². The summed E-state index contributed by atoms with van der Waals surface area (Å²) < 4.78 is 38.8. The van der Waals surface area contributed by atoms with Gasteiger partial charge in [0, 0.05) is 22.5 Å². The molecule has 2 rings (SSSR count). The van der Waals surface area contributed by atoms with Crippen LogP contribution < -0.4 is 0 Å². The van der Waals surface area contributed by atoms with Crippen molar-refractivity contribution >= 4 is 39.4 Å². The molecule has 1 aliphatic heterocycles. The van der Waals surface area contributed by atoms with Crippen LogP contribution in [0.3, 0.4) is 0 Å². The number of halogens is 4. The molecule has 1 N–H and O–H groups in total. The van der Waals surface area contributed by atoms with Crippen LogP contribution in [0.1, 0.15) is 16.1 Å². The average molecular weight is 343 g/mol. The van der Waals surface area contributed by atoms with Gasteiger partial charge in [-0.3, -0.25) is 4.79 Å². The smallest absolute Gasteiger partial charge is 0.362 e. The summed E-state index contributed by atoms with van der Waals surface area (Å²) >= 11 is 4.06. The van der Waals surface area contributed by atoms with Crippen molar-refractivity contribution < 1.29 is 23.1 Å². The normalized spacial score (nSPS) is 23.7. The zero-order valence-corrected chi connectivity index (χ0v) is 11.0. The largest absolute Gasteiger partial charge is 0.438 e. The summed E-state index contributed by atoms with van der Waals surface area (Å²) in [7, 11) is 0. The van der Waals surface area contributed by atoms with Crippen LogP contribution in [0.15, 0.2) is 21.0 Å². The van der Waals surface area contributed by atoms with E-state index in [1.807, 2.05) is 0 Å². The molecule has 9 heteroatoms. The van der Waals surface area contributed by atoms with Gasteiger partial charge in [-0.2, -0.15) is 23.3 Å². The topological polar surface area (TPSA) is 52.9 Å². The van der Waals surface area contributed by atoms with E-state index >= 15 is 0 Å². The Morgan fingerprint density at radius 3 is 2.78 bits per heavy atom. The highest BCUT2D eigenvalue weighted by atomic mass is 79.9. The summed E-state index contributed by atoms with van der Waals surface area (Å²) in [6, 6.07) is 1.37. The minimum absolute atomic E-state index is 0.0589. The molecule has 1 aromatic heterocycles. The molecule has 4 nitrogen and oxygen atoms in total. The van der Waals surface area contributed by atoms with Gasteiger partial charge in [0.05, 0.1) is 4.88 Å². The van der Waals surface area contributed by atoms with Gasteiger partial charge in [-0.1, -0.05) is 0 Å². The maximum absolute atomic E-state index is 12.7. The van der Waals surface area contributed by atoms with Gasteiger partial charge in [-0.15, -0.1) is 11.3 Å². The van der Waals surface area contributed by atoms with E-state index in [2.05, 4.69) is 21.0 Å². The molecule has 1 aliphatic rings. The molecule has 1 amide bonds. The quantitative estimate of drug-likeness (QED) is 0.852. The number of alkyl halides is 3. The van der Waals surface area contributed by atoms with Crippen LogP contribution in [0.25, 0.3) is 0 Å². The van der Waals surface area contributed by atoms with Crippen molar-refractivity contribution in [2.45, 2.75) is 18.3 Å². The Balaban J connectivity index is 2.33. The lowest BCUT2D eigenvalue weighted by Gasteiger charge is -2.32. The molecule has 0 radical (unpaired) electrons. The van der Waals surface area contributed by atoms with E-state index in [0.29, 0.717) is 4.47 Å². The summed E-state index contributed by atoms with van der Waals surface area (Å²) in [6.07, 6.45) is -4.86. The number of hydrogen-bond donors (Lipinski definition) is 1. The van der Waals surface area contributed by atoms with E-state index in [1.165, 1.54) is 6.07 Å². The summed E-state index contributed by atoms with van der Waals surface area (Å²) in [5.41, 5.74) is -3.26. The maximum Gasteiger partial charge on any atom is 0.438 e. The number of rotatable bonds is 1. The molecule has 0 spiro atoms. The van der Waals surface area contributed by atoms with Gasteiger partial charge < -0.3 is 5.11 Å². The highest BCUT2D eigenvalue weighted by Gasteiger charge is 2.61. The minimum Gasteiger partial charge on any atom is -0.362 e. The predicted octanol–water partition coefficient (Wildman–Crippen LogP) is 2.59. The Morgan fingerprint density at radius 1 is 1.61 bits per heavy atom. The number of amides is 1. The van der Waals surface area contributed by atoms with Gasteiger partial charge >= 0.3 is 6.18 Å². The maximum atomic E-state index is 12.7. The molecule has 0 saturated heterocycles. The summed E-state index contributed by atoms with van der Waals surface area (Å²) in [4.78, 5) is 11.9. The summed E-state index contributed by atoms with van der Waals surface area (Å²) in [5, 5.41) is 14.5. The average Bonchev–Trinajstić information content (AvgIpc) is 2.83. The molecule has 2 heterocycles. The molecule has 0 bridgehead atoms. The minimum atomic E-state index is -4.96. The van der Waals surface area contributed by atoms with E-state index in [0.717, 1.165) is 17.6 Å². The van der Waals surface area contributed by atoms with Crippen molar-refractivity contribution in [2.24, 2.45) is 5.10 Å². The third-order valence-electron chi connectivity index (χ3n) is 2.35. The molecule has 1 unspecified atom stereocenters. The molecular weight excluding hydrogens is 337 g/mol. The van der Waals surface area contributed by atoms with Crippen molar-refractivity contribution in [1.29, 1.82) is 0 Å². The van der Waals surface area contributed by atoms with Crippen LogP contribution in [-0.2, 0) is 0 Å².